The molecule has 1 aromatic heterocycles. The Morgan fingerprint density at radius 1 is 0.420 bits per heavy atom. The maximum atomic E-state index is 10.0. The van der Waals surface area contributed by atoms with Crippen molar-refractivity contribution in [3.05, 3.63) is 262 Å². The first-order valence-corrected chi connectivity index (χ1v) is 40.6. The Balaban J connectivity index is 0.000000211. The molecule has 0 spiro atoms. The average molecular weight is 1370 g/mol. The highest BCUT2D eigenvalue weighted by molar-refractivity contribution is 7.13. The van der Waals surface area contributed by atoms with Gasteiger partial charge in [-0.25, -0.2) is 0 Å². The van der Waals surface area contributed by atoms with Crippen molar-refractivity contribution in [1.29, 1.82) is 0 Å². The summed E-state index contributed by atoms with van der Waals surface area (Å²) in [5.41, 5.74) is 17.1. The number of hydrogen-bond donors (Lipinski definition) is 1. The molecule has 2 unspecified atom stereocenters. The van der Waals surface area contributed by atoms with Gasteiger partial charge in [0.15, 0.2) is 0 Å². The molecule has 2 atom stereocenters. The maximum absolute atomic E-state index is 10.0. The summed E-state index contributed by atoms with van der Waals surface area (Å²) >= 11 is 1.82. The summed E-state index contributed by atoms with van der Waals surface area (Å²) in [6.45, 7) is 41.5. The van der Waals surface area contributed by atoms with Crippen molar-refractivity contribution in [3.8, 4) is 21.6 Å². The highest BCUT2D eigenvalue weighted by Crippen LogP contribution is 2.47. The molecule has 3 aliphatic rings. The Kier molecular flexibility index (Phi) is 38.2. The Morgan fingerprint density at radius 2 is 0.860 bits per heavy atom. The van der Waals surface area contributed by atoms with Crippen molar-refractivity contribution in [3.63, 3.8) is 0 Å². The first-order valence-electron chi connectivity index (χ1n) is 39.7. The van der Waals surface area contributed by atoms with Gasteiger partial charge in [0.05, 0.1) is 5.60 Å². The first-order chi connectivity index (χ1) is 47.9. The summed E-state index contributed by atoms with van der Waals surface area (Å²) in [4.78, 5) is 1.38. The van der Waals surface area contributed by atoms with E-state index in [-0.39, 0.29) is 5.60 Å². The fourth-order valence-electron chi connectivity index (χ4n) is 16.0. The van der Waals surface area contributed by atoms with Crippen LogP contribution in [0.3, 0.4) is 0 Å². The second-order valence-corrected chi connectivity index (χ2v) is 34.0. The second-order valence-electron chi connectivity index (χ2n) is 33.1. The number of benzene rings is 7. The summed E-state index contributed by atoms with van der Waals surface area (Å²) < 4.78 is 0. The van der Waals surface area contributed by atoms with Crippen LogP contribution in [0.4, 0.5) is 0 Å². The molecule has 7 aromatic carbocycles. The lowest BCUT2D eigenvalue weighted by Crippen LogP contribution is -2.32. The van der Waals surface area contributed by atoms with Crippen LogP contribution in [0.15, 0.2) is 229 Å². The van der Waals surface area contributed by atoms with Crippen LogP contribution < -0.4 is 0 Å². The van der Waals surface area contributed by atoms with Crippen molar-refractivity contribution in [2.45, 2.75) is 276 Å². The lowest BCUT2D eigenvalue weighted by molar-refractivity contribution is -0.0139. The molecule has 2 fully saturated rings. The average Bonchev–Trinajstić information content (AvgIpc) is 1.57. The topological polar surface area (TPSA) is 20.2 Å². The van der Waals surface area contributed by atoms with Crippen LogP contribution in [0.5, 0.6) is 0 Å². The largest absolute Gasteiger partial charge is 0.390 e. The van der Waals surface area contributed by atoms with Crippen molar-refractivity contribution < 1.29 is 5.11 Å². The van der Waals surface area contributed by atoms with Crippen molar-refractivity contribution in [2.75, 3.05) is 0 Å². The lowest BCUT2D eigenvalue weighted by Gasteiger charge is -2.35. The Labute approximate surface area is 619 Å². The van der Waals surface area contributed by atoms with Gasteiger partial charge in [0.25, 0.3) is 0 Å². The number of rotatable bonds is 21. The molecule has 3 aliphatic carbocycles. The summed E-state index contributed by atoms with van der Waals surface area (Å²) in [7, 11) is 0. The second kappa shape index (κ2) is 45.1. The van der Waals surface area contributed by atoms with Crippen molar-refractivity contribution in [1.82, 2.24) is 0 Å². The third-order valence-electron chi connectivity index (χ3n) is 21.2. The van der Waals surface area contributed by atoms with Crippen LogP contribution in [-0.2, 0) is 24.7 Å². The van der Waals surface area contributed by atoms with Gasteiger partial charge in [0, 0.05) is 4.88 Å². The molecule has 0 bridgehead atoms. The molecular formula is C98H140OS. The Hall–Kier alpha value is -6.06. The number of thiophene rings is 1. The molecule has 0 aliphatic heterocycles. The van der Waals surface area contributed by atoms with Crippen molar-refractivity contribution in [2.24, 2.45) is 46.8 Å². The first kappa shape index (κ1) is 84.6. The fraction of sp³-hybridized carbons (Fsp3) is 0.510. The summed E-state index contributed by atoms with van der Waals surface area (Å²) in [5, 5.41) is 12.2. The van der Waals surface area contributed by atoms with Crippen LogP contribution in [-0.4, -0.2) is 10.7 Å². The van der Waals surface area contributed by atoms with Gasteiger partial charge in [-0.2, -0.15) is 0 Å². The van der Waals surface area contributed by atoms with Gasteiger partial charge in [-0.05, 0) is 222 Å². The molecule has 0 amide bonds. The monoisotopic (exact) mass is 1370 g/mol. The van der Waals surface area contributed by atoms with Crippen LogP contribution in [0.1, 0.15) is 279 Å². The highest BCUT2D eigenvalue weighted by Gasteiger charge is 2.38. The van der Waals surface area contributed by atoms with E-state index >= 15 is 0 Å². The third kappa shape index (κ3) is 29.7. The molecule has 1 nitrogen and oxygen atoms in total. The number of aryl methyl sites for hydroxylation is 1. The Bertz CT molecular complexity index is 3370. The van der Waals surface area contributed by atoms with Gasteiger partial charge in [0.2, 0.25) is 0 Å². The number of allylic oxidation sites excluding steroid dienone is 2. The smallest absolute Gasteiger partial charge is 0.0650 e. The van der Waals surface area contributed by atoms with E-state index in [0.29, 0.717) is 40.4 Å². The third-order valence-corrected chi connectivity index (χ3v) is 22.1. The van der Waals surface area contributed by atoms with Gasteiger partial charge in [0.1, 0.15) is 0 Å². The zero-order valence-corrected chi connectivity index (χ0v) is 67.3. The van der Waals surface area contributed by atoms with Gasteiger partial charge < -0.3 is 5.11 Å². The highest BCUT2D eigenvalue weighted by atomic mass is 32.1. The molecule has 0 radical (unpaired) electrons. The van der Waals surface area contributed by atoms with Gasteiger partial charge in [-0.1, -0.05) is 374 Å². The molecule has 1 N–H and O–H groups in total. The predicted octanol–water partition coefficient (Wildman–Crippen LogP) is 29.9. The van der Waals surface area contributed by atoms with E-state index in [2.05, 4.69) is 342 Å². The van der Waals surface area contributed by atoms with E-state index in [1.54, 1.807) is 16.7 Å². The SMILES string of the molecule is CC(C)C(CCc1ccccc1)c1ccccc1.CC(C)C1(c2ccccc2)CCCC1.CC(C)CC1(O)CCCCC1.CC(C)Cc1ccccc1-c1ccccc1.CC(C)Cc1ccccc1-c1cccs1.CC1=C(CC(C)C)C(C)(C)CCC1.CCCC(c1ccccc1)C(C)C. The quantitative estimate of drug-likeness (QED) is 0.0711. The molecule has 2 saturated carbocycles. The zero-order chi connectivity index (χ0) is 72.9. The van der Waals surface area contributed by atoms with Crippen LogP contribution in [0.2, 0.25) is 0 Å². The van der Waals surface area contributed by atoms with E-state index < -0.39 is 0 Å². The van der Waals surface area contributed by atoms with Crippen LogP contribution in [0.25, 0.3) is 21.6 Å². The molecule has 8 aromatic rings. The molecule has 1 heterocycles. The van der Waals surface area contributed by atoms with Crippen molar-refractivity contribution >= 4 is 11.3 Å². The van der Waals surface area contributed by atoms with Crippen LogP contribution >= 0.6 is 11.3 Å². The van der Waals surface area contributed by atoms with Gasteiger partial charge >= 0.3 is 0 Å². The summed E-state index contributed by atoms with van der Waals surface area (Å²) in [5.74, 6) is 6.47. The van der Waals surface area contributed by atoms with Gasteiger partial charge in [-0.15, -0.1) is 11.3 Å². The lowest BCUT2D eigenvalue weighted by atomic mass is 9.70. The minimum atomic E-state index is -0.299. The molecule has 2 heteroatoms. The minimum Gasteiger partial charge on any atom is -0.390 e. The standard InChI is InChI=1S/C18H22.C16H18.C14H16S.C14H20.C13H24.C13H20.C10H20O/c1-15(2)18(17-11-7-4-8-12-17)14-13-16-9-5-3-6-10-16;1-13(2)12-15-10-6-7-11-16(15)14-8-4-3-5-9-14;1-11(2)10-12-6-3-4-7-13(12)14-8-5-9-15-14;1-12(2)14(10-6-7-11-14)13-8-4-3-5-9-13;1-10(2)9-12-11(3)7-6-8-13(12,4)5;1-4-8-13(11(2)3)12-9-6-5-7-10-12;1-9(2)8-10(11)6-4-3-5-7-10/h3-12,15,18H,13-14H2,1-2H3;3-11,13H,12H2,1-2H3;3-9,11H,10H2,1-2H3;3-5,8-9,12H,6-7,10-11H2,1-2H3;10H,6-9H2,1-5H3;5-7,9-11,13H,4,8H2,1-3H3;9,11H,3-8H2,1-2H3. The van der Waals surface area contributed by atoms with Gasteiger partial charge in [-0.3, -0.25) is 0 Å². The minimum absolute atomic E-state index is 0.299. The van der Waals surface area contributed by atoms with E-state index in [1.807, 2.05) is 11.3 Å². The van der Waals surface area contributed by atoms with E-state index in [1.165, 1.54) is 146 Å². The predicted molar refractivity (Wildman–Crippen MR) is 445 cm³/mol. The molecule has 544 valence electrons. The van der Waals surface area contributed by atoms with E-state index in [9.17, 15) is 5.11 Å². The Morgan fingerprint density at radius 3 is 1.31 bits per heavy atom. The fourth-order valence-corrected chi connectivity index (χ4v) is 16.8. The molecular weight excluding hydrogens is 1230 g/mol. The van der Waals surface area contributed by atoms with E-state index in [4.69, 9.17) is 0 Å². The number of aliphatic hydroxyl groups is 1. The van der Waals surface area contributed by atoms with E-state index in [0.717, 1.165) is 55.8 Å². The number of hydrogen-bond acceptors (Lipinski definition) is 2. The normalized spacial score (nSPS) is 15.7. The summed E-state index contributed by atoms with van der Waals surface area (Å²) in [6, 6.07) is 76.0. The maximum Gasteiger partial charge on any atom is 0.0650 e. The molecule has 100 heavy (non-hydrogen) atoms. The molecule has 0 saturated heterocycles. The van der Waals surface area contributed by atoms with Crippen LogP contribution in [0, 0.1) is 46.8 Å². The zero-order valence-electron chi connectivity index (χ0n) is 66.5. The molecule has 11 rings (SSSR count). The summed E-state index contributed by atoms with van der Waals surface area (Å²) in [6.07, 6.45) is 25.1.